The largest absolute Gasteiger partial charge is 0.461 e. The van der Waals surface area contributed by atoms with E-state index in [0.29, 0.717) is 5.39 Å². The van der Waals surface area contributed by atoms with Crippen molar-refractivity contribution in [2.45, 2.75) is 6.42 Å². The highest BCUT2D eigenvalue weighted by Gasteiger charge is 2.09. The van der Waals surface area contributed by atoms with Crippen molar-refractivity contribution in [3.05, 3.63) is 82.5 Å². The molecule has 4 aromatic rings. The normalized spacial score (nSPS) is 11.2. The van der Waals surface area contributed by atoms with Gasteiger partial charge in [-0.15, -0.1) is 0 Å². The number of H-pyrrole nitrogens is 1. The third kappa shape index (κ3) is 2.03. The Labute approximate surface area is 120 Å². The molecule has 2 heterocycles. The van der Waals surface area contributed by atoms with E-state index in [2.05, 4.69) is 17.1 Å². The predicted octanol–water partition coefficient (Wildman–Crippen LogP) is 3.87. The molecule has 4 rings (SSSR count). The summed E-state index contributed by atoms with van der Waals surface area (Å²) in [5, 5.41) is 2.61. The maximum Gasteiger partial charge on any atom is 0.255 e. The van der Waals surface area contributed by atoms with Gasteiger partial charge in [-0.25, -0.2) is 0 Å². The van der Waals surface area contributed by atoms with E-state index in [1.54, 1.807) is 6.20 Å². The molecule has 0 aliphatic heterocycles. The Hall–Kier alpha value is -2.81. The molecular weight excluding hydrogens is 262 g/mol. The van der Waals surface area contributed by atoms with Crippen LogP contribution >= 0.6 is 0 Å². The van der Waals surface area contributed by atoms with Gasteiger partial charge in [0.05, 0.1) is 0 Å². The van der Waals surface area contributed by atoms with Crippen LogP contribution in [0.2, 0.25) is 0 Å². The van der Waals surface area contributed by atoms with Crippen LogP contribution in [0.1, 0.15) is 11.3 Å². The molecule has 0 spiro atoms. The number of aromatic amines is 1. The molecule has 2 aromatic heterocycles. The highest BCUT2D eigenvalue weighted by molar-refractivity contribution is 6.05. The Balaban J connectivity index is 1.88. The van der Waals surface area contributed by atoms with Crippen LogP contribution < -0.4 is 5.56 Å². The van der Waals surface area contributed by atoms with E-state index in [0.717, 1.165) is 28.5 Å². The van der Waals surface area contributed by atoms with Crippen molar-refractivity contribution >= 4 is 21.7 Å². The minimum absolute atomic E-state index is 0.0693. The number of benzene rings is 2. The van der Waals surface area contributed by atoms with Crippen molar-refractivity contribution in [3.8, 4) is 0 Å². The van der Waals surface area contributed by atoms with Gasteiger partial charge in [0.15, 0.2) is 0 Å². The fourth-order valence-corrected chi connectivity index (χ4v) is 2.73. The fraction of sp³-hybridized carbons (Fsp3) is 0.0556. The number of aromatic nitrogens is 1. The van der Waals surface area contributed by atoms with Gasteiger partial charge in [-0.3, -0.25) is 4.79 Å². The Morgan fingerprint density at radius 1 is 0.905 bits per heavy atom. The van der Waals surface area contributed by atoms with Crippen molar-refractivity contribution in [2.24, 2.45) is 0 Å². The topological polar surface area (TPSA) is 46.0 Å². The molecule has 0 bridgehead atoms. The summed E-state index contributed by atoms with van der Waals surface area (Å²) in [6.45, 7) is 0. The summed E-state index contributed by atoms with van der Waals surface area (Å²) in [5.74, 6) is 0.906. The molecule has 21 heavy (non-hydrogen) atoms. The molecule has 0 saturated carbocycles. The van der Waals surface area contributed by atoms with Crippen LogP contribution in [0.4, 0.5) is 0 Å². The SMILES string of the molecule is O=c1[nH]ccc2c1ccc1oc(Cc3ccccc3)cc12. The minimum atomic E-state index is -0.0693. The van der Waals surface area contributed by atoms with Gasteiger partial charge < -0.3 is 9.40 Å². The molecule has 0 saturated heterocycles. The quantitative estimate of drug-likeness (QED) is 0.603. The van der Waals surface area contributed by atoms with Crippen molar-refractivity contribution in [1.82, 2.24) is 4.98 Å². The minimum Gasteiger partial charge on any atom is -0.461 e. The maximum absolute atomic E-state index is 11.8. The van der Waals surface area contributed by atoms with Gasteiger partial charge in [0.25, 0.3) is 5.56 Å². The summed E-state index contributed by atoms with van der Waals surface area (Å²) in [5.41, 5.74) is 1.96. The molecule has 3 nitrogen and oxygen atoms in total. The molecule has 1 N–H and O–H groups in total. The molecule has 0 fully saturated rings. The molecule has 0 amide bonds. The van der Waals surface area contributed by atoms with Crippen molar-refractivity contribution in [2.75, 3.05) is 0 Å². The van der Waals surface area contributed by atoms with Crippen LogP contribution in [0, 0.1) is 0 Å². The summed E-state index contributed by atoms with van der Waals surface area (Å²) < 4.78 is 5.91. The van der Waals surface area contributed by atoms with E-state index in [1.165, 1.54) is 5.56 Å². The fourth-order valence-electron chi connectivity index (χ4n) is 2.73. The number of rotatable bonds is 2. The van der Waals surface area contributed by atoms with Gasteiger partial charge in [0.2, 0.25) is 0 Å². The Bertz CT molecular complexity index is 980. The summed E-state index contributed by atoms with van der Waals surface area (Å²) in [4.78, 5) is 14.5. The van der Waals surface area contributed by atoms with Gasteiger partial charge in [0.1, 0.15) is 11.3 Å². The molecule has 3 heteroatoms. The summed E-state index contributed by atoms with van der Waals surface area (Å²) in [7, 11) is 0. The van der Waals surface area contributed by atoms with E-state index in [9.17, 15) is 4.79 Å². The standard InChI is InChI=1S/C18H13NO2/c20-18-15-6-7-17-16(14(15)8-9-19-18)11-13(21-17)10-12-4-2-1-3-5-12/h1-9,11H,10H2,(H,19,20). The zero-order valence-corrected chi connectivity index (χ0v) is 11.3. The molecule has 0 aliphatic carbocycles. The first kappa shape index (κ1) is 12.0. The third-order valence-corrected chi connectivity index (χ3v) is 3.72. The average Bonchev–Trinajstić information content (AvgIpc) is 2.91. The second-order valence-corrected chi connectivity index (χ2v) is 5.12. The Kier molecular flexibility index (Phi) is 2.64. The third-order valence-electron chi connectivity index (χ3n) is 3.72. The molecular formula is C18H13NO2. The van der Waals surface area contributed by atoms with Gasteiger partial charge in [-0.05, 0) is 35.2 Å². The van der Waals surface area contributed by atoms with Gasteiger partial charge in [-0.2, -0.15) is 0 Å². The molecule has 0 radical (unpaired) electrons. The number of pyridine rings is 1. The number of fused-ring (bicyclic) bond motifs is 3. The lowest BCUT2D eigenvalue weighted by molar-refractivity contribution is 0.563. The molecule has 2 aromatic carbocycles. The number of nitrogens with one attached hydrogen (secondary N) is 1. The van der Waals surface area contributed by atoms with Crippen molar-refractivity contribution < 1.29 is 4.42 Å². The lowest BCUT2D eigenvalue weighted by Gasteiger charge is -1.96. The van der Waals surface area contributed by atoms with E-state index in [4.69, 9.17) is 4.42 Å². The van der Waals surface area contributed by atoms with Gasteiger partial charge in [0, 0.05) is 23.4 Å². The van der Waals surface area contributed by atoms with E-state index in [1.807, 2.05) is 42.5 Å². The smallest absolute Gasteiger partial charge is 0.255 e. The predicted molar refractivity (Wildman–Crippen MR) is 83.6 cm³/mol. The van der Waals surface area contributed by atoms with Crippen LogP contribution in [0.5, 0.6) is 0 Å². The van der Waals surface area contributed by atoms with Crippen LogP contribution in [0.15, 0.2) is 70.0 Å². The summed E-state index contributed by atoms with van der Waals surface area (Å²) in [6.07, 6.45) is 2.42. The molecule has 0 aliphatic rings. The van der Waals surface area contributed by atoms with Gasteiger partial charge >= 0.3 is 0 Å². The highest BCUT2D eigenvalue weighted by Crippen LogP contribution is 2.27. The summed E-state index contributed by atoms with van der Waals surface area (Å²) in [6, 6.07) is 17.8. The molecule has 102 valence electrons. The first-order chi connectivity index (χ1) is 10.3. The zero-order valence-electron chi connectivity index (χ0n) is 11.3. The van der Waals surface area contributed by atoms with Gasteiger partial charge in [-0.1, -0.05) is 30.3 Å². The van der Waals surface area contributed by atoms with Crippen LogP contribution in [-0.2, 0) is 6.42 Å². The van der Waals surface area contributed by atoms with Crippen LogP contribution in [-0.4, -0.2) is 4.98 Å². The van der Waals surface area contributed by atoms with Crippen LogP contribution in [0.3, 0.4) is 0 Å². The Morgan fingerprint density at radius 2 is 1.76 bits per heavy atom. The second-order valence-electron chi connectivity index (χ2n) is 5.12. The summed E-state index contributed by atoms with van der Waals surface area (Å²) >= 11 is 0. The Morgan fingerprint density at radius 3 is 2.62 bits per heavy atom. The first-order valence-corrected chi connectivity index (χ1v) is 6.88. The maximum atomic E-state index is 11.8. The van der Waals surface area contributed by atoms with E-state index in [-0.39, 0.29) is 5.56 Å². The average molecular weight is 275 g/mol. The molecule has 0 unspecified atom stereocenters. The zero-order chi connectivity index (χ0) is 14.2. The molecule has 0 atom stereocenters. The van der Waals surface area contributed by atoms with Crippen LogP contribution in [0.25, 0.3) is 21.7 Å². The number of hydrogen-bond donors (Lipinski definition) is 1. The van der Waals surface area contributed by atoms with E-state index >= 15 is 0 Å². The number of furan rings is 1. The van der Waals surface area contributed by atoms with E-state index < -0.39 is 0 Å². The monoisotopic (exact) mass is 275 g/mol. The van der Waals surface area contributed by atoms with Crippen molar-refractivity contribution in [3.63, 3.8) is 0 Å². The van der Waals surface area contributed by atoms with Crippen molar-refractivity contribution in [1.29, 1.82) is 0 Å². The first-order valence-electron chi connectivity index (χ1n) is 6.88. The lowest BCUT2D eigenvalue weighted by Crippen LogP contribution is -2.03. The second kappa shape index (κ2) is 4.63. The lowest BCUT2D eigenvalue weighted by atomic mass is 10.1. The number of hydrogen-bond acceptors (Lipinski definition) is 2. The highest BCUT2D eigenvalue weighted by atomic mass is 16.3.